The molecule has 0 unspecified atom stereocenters. The lowest BCUT2D eigenvalue weighted by atomic mass is 9.93. The highest BCUT2D eigenvalue weighted by Crippen LogP contribution is 2.33. The van der Waals surface area contributed by atoms with Crippen LogP contribution in [0, 0.1) is 17.2 Å². The number of benzene rings is 2. The zero-order valence-corrected chi connectivity index (χ0v) is 33.5. The summed E-state index contributed by atoms with van der Waals surface area (Å²) in [6.45, 7) is 9.55. The Morgan fingerprint density at radius 3 is 2.33 bits per heavy atom. The molecule has 3 amide bonds. The van der Waals surface area contributed by atoms with Crippen molar-refractivity contribution in [3.63, 3.8) is 0 Å². The molecule has 3 rings (SSSR count). The lowest BCUT2D eigenvalue weighted by Crippen LogP contribution is -2.37. The molecule has 0 aliphatic heterocycles. The molecule has 0 spiro atoms. The first-order chi connectivity index (χ1) is 27.3. The van der Waals surface area contributed by atoms with Crippen LogP contribution in [0.4, 0.5) is 10.5 Å². The second kappa shape index (κ2) is 23.2. The van der Waals surface area contributed by atoms with Crippen molar-refractivity contribution in [2.75, 3.05) is 39.4 Å². The molecule has 57 heavy (non-hydrogen) atoms. The maximum Gasteiger partial charge on any atom is 0.412 e. The molecule has 0 aromatic heterocycles. The van der Waals surface area contributed by atoms with Gasteiger partial charge in [0.2, 0.25) is 12.7 Å². The van der Waals surface area contributed by atoms with Gasteiger partial charge in [-0.1, -0.05) is 64.8 Å². The Bertz CT molecular complexity index is 1820. The Hall–Kier alpha value is -5.96. The number of rotatable bonds is 22. The number of anilines is 1. The smallest absolute Gasteiger partial charge is 0.412 e. The summed E-state index contributed by atoms with van der Waals surface area (Å²) in [5.41, 5.74) is 7.43. The van der Waals surface area contributed by atoms with E-state index in [-0.39, 0.29) is 53.1 Å². The van der Waals surface area contributed by atoms with E-state index < -0.39 is 36.8 Å². The third kappa shape index (κ3) is 14.6. The van der Waals surface area contributed by atoms with Gasteiger partial charge >= 0.3 is 18.0 Å². The first-order valence-corrected chi connectivity index (χ1v) is 19.1. The minimum atomic E-state index is -0.925. The van der Waals surface area contributed by atoms with E-state index in [2.05, 4.69) is 34.8 Å². The van der Waals surface area contributed by atoms with Crippen molar-refractivity contribution in [2.24, 2.45) is 17.6 Å². The molecule has 2 aromatic carbocycles. The monoisotopic (exact) mass is 788 g/mol. The van der Waals surface area contributed by atoms with Crippen LogP contribution < -0.4 is 31.7 Å². The molecule has 2 aromatic rings. The Kier molecular flexibility index (Phi) is 18.5. The number of alkyl carbamates (subject to hydrolysis) is 1. The number of ether oxygens (including phenoxy) is 4. The standard InChI is InChI=1S/C42H56N6O9/c1-7-9-10-11-21-55-42(53)48-38(44)29-17-19-30(20-18-29)47-39(50)33-22-28(8-2)34(54-6)23-32(33)31(13-12-14-35(49)46-24-27-15-16-27)37(45-5)41(52)57-25-56-40(51)36(43)26(3)4/h8,12-13,17-20,22-23,26-27,36,45H,2,7,9-11,14-16,21,24-25,43H2,1,3-6H3,(H,46,49)(H,47,50)(H2,44,48,53)/b13-12-,37-31+/t36-/m0/s1. The quantitative estimate of drug-likeness (QED) is 0.0163. The Morgan fingerprint density at radius 2 is 1.72 bits per heavy atom. The number of unbranched alkanes of at least 4 members (excludes halogenated alkanes) is 3. The molecule has 15 nitrogen and oxygen atoms in total. The summed E-state index contributed by atoms with van der Waals surface area (Å²) in [5, 5.41) is 19.3. The summed E-state index contributed by atoms with van der Waals surface area (Å²) in [4.78, 5) is 64.8. The van der Waals surface area contributed by atoms with Crippen LogP contribution in [0.3, 0.4) is 0 Å². The first-order valence-electron chi connectivity index (χ1n) is 19.1. The molecule has 1 fully saturated rings. The Morgan fingerprint density at radius 1 is 1.00 bits per heavy atom. The summed E-state index contributed by atoms with van der Waals surface area (Å²) in [7, 11) is 2.92. The van der Waals surface area contributed by atoms with Crippen molar-refractivity contribution < 1.29 is 42.9 Å². The van der Waals surface area contributed by atoms with Crippen LogP contribution in [0.2, 0.25) is 0 Å². The number of amides is 3. The highest BCUT2D eigenvalue weighted by Gasteiger charge is 2.25. The van der Waals surface area contributed by atoms with Crippen LogP contribution in [-0.2, 0) is 28.6 Å². The first kappa shape index (κ1) is 45.4. The normalized spacial score (nSPS) is 13.2. The maximum absolute atomic E-state index is 14.1. The minimum absolute atomic E-state index is 0.0245. The number of nitrogens with one attached hydrogen (secondary N) is 5. The van der Waals surface area contributed by atoms with Gasteiger partial charge in [0.15, 0.2) is 0 Å². The SMILES string of the molecule is C=Cc1cc(C(=O)Nc2ccc(C(=N)NC(=O)OCCCCCC)cc2)c(C(/C=C\CC(=O)NCC2CC2)=C(/NC)C(=O)OCOC(=O)[C@@H](N)C(C)C)cc1OC. The molecule has 0 bridgehead atoms. The van der Waals surface area contributed by atoms with Crippen molar-refractivity contribution >= 4 is 53.0 Å². The number of nitrogens with two attached hydrogens (primary N) is 1. The van der Waals surface area contributed by atoms with Crippen molar-refractivity contribution in [2.45, 2.75) is 71.8 Å². The zero-order chi connectivity index (χ0) is 41.9. The van der Waals surface area contributed by atoms with Gasteiger partial charge in [-0.3, -0.25) is 25.1 Å². The van der Waals surface area contributed by atoms with Gasteiger partial charge in [-0.05, 0) is 67.5 Å². The van der Waals surface area contributed by atoms with Gasteiger partial charge in [0.05, 0.1) is 13.7 Å². The molecule has 308 valence electrons. The van der Waals surface area contributed by atoms with Crippen molar-refractivity contribution in [1.82, 2.24) is 16.0 Å². The molecule has 1 atom stereocenters. The van der Waals surface area contributed by atoms with Crippen LogP contribution in [0.25, 0.3) is 11.6 Å². The topological polar surface area (TPSA) is 220 Å². The van der Waals surface area contributed by atoms with Crippen LogP contribution in [0.5, 0.6) is 5.75 Å². The van der Waals surface area contributed by atoms with Gasteiger partial charge in [0, 0.05) is 53.5 Å². The van der Waals surface area contributed by atoms with Crippen LogP contribution in [-0.4, -0.2) is 75.8 Å². The van der Waals surface area contributed by atoms with Gasteiger partial charge in [0.25, 0.3) is 5.91 Å². The number of amidine groups is 1. The average molecular weight is 789 g/mol. The summed E-state index contributed by atoms with van der Waals surface area (Å²) in [6, 6.07) is 8.43. The van der Waals surface area contributed by atoms with Gasteiger partial charge in [-0.25, -0.2) is 9.59 Å². The van der Waals surface area contributed by atoms with Gasteiger partial charge in [-0.2, -0.15) is 0 Å². The van der Waals surface area contributed by atoms with Gasteiger partial charge < -0.3 is 40.6 Å². The number of carbonyl (C=O) groups excluding carboxylic acids is 5. The predicted molar refractivity (Wildman–Crippen MR) is 218 cm³/mol. The fourth-order valence-corrected chi connectivity index (χ4v) is 5.34. The number of carbonyl (C=O) groups is 5. The summed E-state index contributed by atoms with van der Waals surface area (Å²) in [6.07, 6.45) is 9.79. The molecule has 7 N–H and O–H groups in total. The van der Waals surface area contributed by atoms with E-state index in [1.54, 1.807) is 56.3 Å². The summed E-state index contributed by atoms with van der Waals surface area (Å²) >= 11 is 0. The minimum Gasteiger partial charge on any atom is -0.496 e. The van der Waals surface area contributed by atoms with E-state index in [0.717, 1.165) is 38.5 Å². The second-order valence-corrected chi connectivity index (χ2v) is 13.7. The van der Waals surface area contributed by atoms with E-state index in [1.165, 1.54) is 26.3 Å². The second-order valence-electron chi connectivity index (χ2n) is 13.7. The van der Waals surface area contributed by atoms with E-state index >= 15 is 0 Å². The molecular weight excluding hydrogens is 732 g/mol. The molecule has 1 saturated carbocycles. The molecule has 0 heterocycles. The number of methoxy groups -OCH3 is 1. The van der Waals surface area contributed by atoms with Gasteiger partial charge in [0.1, 0.15) is 23.3 Å². The number of hydrogen-bond donors (Lipinski definition) is 6. The van der Waals surface area contributed by atoms with Gasteiger partial charge in [-0.15, -0.1) is 0 Å². The summed E-state index contributed by atoms with van der Waals surface area (Å²) in [5.74, 6) is -2.04. The van der Waals surface area contributed by atoms with E-state index in [4.69, 9.17) is 30.1 Å². The van der Waals surface area contributed by atoms with Crippen LogP contribution >= 0.6 is 0 Å². The number of allylic oxidation sites excluding steroid dienone is 2. The molecule has 0 radical (unpaired) electrons. The fourth-order valence-electron chi connectivity index (χ4n) is 5.34. The van der Waals surface area contributed by atoms with Crippen molar-refractivity contribution in [3.8, 4) is 5.75 Å². The van der Waals surface area contributed by atoms with E-state index in [0.29, 0.717) is 35.0 Å². The van der Waals surface area contributed by atoms with Crippen LogP contribution in [0.1, 0.15) is 92.8 Å². The predicted octanol–water partition coefficient (Wildman–Crippen LogP) is 5.65. The summed E-state index contributed by atoms with van der Waals surface area (Å²) < 4.78 is 21.2. The zero-order valence-electron chi connectivity index (χ0n) is 33.5. The molecule has 0 saturated heterocycles. The molecular formula is C42H56N6O9. The third-order valence-corrected chi connectivity index (χ3v) is 8.99. The van der Waals surface area contributed by atoms with E-state index in [9.17, 15) is 24.0 Å². The molecule has 15 heteroatoms. The number of hydrogen-bond acceptors (Lipinski definition) is 12. The highest BCUT2D eigenvalue weighted by atomic mass is 16.7. The molecule has 1 aliphatic rings. The maximum atomic E-state index is 14.1. The molecule has 1 aliphatic carbocycles. The fraction of sp³-hybridized carbons (Fsp3) is 0.429. The van der Waals surface area contributed by atoms with Crippen molar-refractivity contribution in [1.29, 1.82) is 5.41 Å². The van der Waals surface area contributed by atoms with Crippen LogP contribution in [0.15, 0.2) is 60.8 Å². The average Bonchev–Trinajstić information content (AvgIpc) is 4.03. The highest BCUT2D eigenvalue weighted by molar-refractivity contribution is 6.11. The largest absolute Gasteiger partial charge is 0.496 e. The lowest BCUT2D eigenvalue weighted by Gasteiger charge is -2.19. The number of likely N-dealkylation sites (N-methyl/N-ethyl adjacent to an activating group) is 1. The van der Waals surface area contributed by atoms with Crippen molar-refractivity contribution in [3.05, 3.63) is 83.1 Å². The Labute approximate surface area is 334 Å². The lowest BCUT2D eigenvalue weighted by molar-refractivity contribution is -0.166. The Balaban J connectivity index is 1.94. The third-order valence-electron chi connectivity index (χ3n) is 8.99. The van der Waals surface area contributed by atoms with E-state index in [1.807, 2.05) is 0 Å². The number of esters is 2.